The number of pyridine rings is 1. The van der Waals surface area contributed by atoms with Crippen LogP contribution in [-0.4, -0.2) is 19.9 Å². The zero-order chi connectivity index (χ0) is 13.2. The molecule has 0 N–H and O–H groups in total. The minimum absolute atomic E-state index is 0.128. The van der Waals surface area contributed by atoms with Gasteiger partial charge in [0, 0.05) is 0 Å². The number of benzene rings is 2. The van der Waals surface area contributed by atoms with Crippen LogP contribution in [0, 0.1) is 5.82 Å². The van der Waals surface area contributed by atoms with Crippen molar-refractivity contribution in [1.82, 2.24) is 4.98 Å². The van der Waals surface area contributed by atoms with Crippen LogP contribution in [0.3, 0.4) is 0 Å². The van der Waals surface area contributed by atoms with E-state index in [4.69, 9.17) is 11.6 Å². The van der Waals surface area contributed by atoms with Gasteiger partial charge in [0.05, 0.1) is 0 Å². The van der Waals surface area contributed by atoms with Crippen LogP contribution in [0.4, 0.5) is 4.39 Å². The Morgan fingerprint density at radius 3 is 2.58 bits per heavy atom. The predicted molar refractivity (Wildman–Crippen MR) is 78.2 cm³/mol. The van der Waals surface area contributed by atoms with E-state index in [1.807, 2.05) is 36.4 Å². The molecule has 1 heterocycles. The van der Waals surface area contributed by atoms with Crippen molar-refractivity contribution in [3.8, 4) is 0 Å². The molecular weight excluding hydrogens is 328 g/mol. The standard InChI is InChI=1S/C15H9ClFNSe/c16-10-1-6-13-14(9-10)18-8-7-15(13)19-12-4-2-11(17)3-5-12/h1-9H. The molecule has 4 heteroatoms. The van der Waals surface area contributed by atoms with E-state index in [0.717, 1.165) is 15.4 Å². The Labute approximate surface area is 121 Å². The summed E-state index contributed by atoms with van der Waals surface area (Å²) < 4.78 is 15.3. The number of hydrogen-bond acceptors (Lipinski definition) is 1. The molecule has 1 nitrogen and oxygen atoms in total. The molecule has 19 heavy (non-hydrogen) atoms. The van der Waals surface area contributed by atoms with E-state index >= 15 is 0 Å². The third-order valence-electron chi connectivity index (χ3n) is 2.71. The fraction of sp³-hybridized carbons (Fsp3) is 0. The van der Waals surface area contributed by atoms with Crippen LogP contribution >= 0.6 is 11.6 Å². The molecular formula is C15H9ClFNSe. The van der Waals surface area contributed by atoms with Gasteiger partial charge in [0.2, 0.25) is 0 Å². The molecule has 0 radical (unpaired) electrons. The van der Waals surface area contributed by atoms with Gasteiger partial charge in [-0.1, -0.05) is 0 Å². The summed E-state index contributed by atoms with van der Waals surface area (Å²) in [6, 6.07) is 14.4. The van der Waals surface area contributed by atoms with Crippen molar-refractivity contribution in [2.45, 2.75) is 0 Å². The molecule has 0 aliphatic heterocycles. The second kappa shape index (κ2) is 5.30. The number of halogens is 2. The van der Waals surface area contributed by atoms with Gasteiger partial charge in [-0.2, -0.15) is 0 Å². The minimum atomic E-state index is -0.203. The van der Waals surface area contributed by atoms with Crippen molar-refractivity contribution in [2.75, 3.05) is 0 Å². The van der Waals surface area contributed by atoms with Crippen LogP contribution < -0.4 is 8.92 Å². The molecule has 0 bridgehead atoms. The van der Waals surface area contributed by atoms with E-state index in [0.29, 0.717) is 5.02 Å². The number of nitrogens with zero attached hydrogens (tertiary/aromatic N) is 1. The Hall–Kier alpha value is -1.41. The number of hydrogen-bond donors (Lipinski definition) is 0. The van der Waals surface area contributed by atoms with Gasteiger partial charge >= 0.3 is 121 Å². The SMILES string of the molecule is Fc1ccc([Se]c2ccnc3cc(Cl)ccc23)cc1. The first-order valence-corrected chi connectivity index (χ1v) is 7.79. The molecule has 3 aromatic rings. The van der Waals surface area contributed by atoms with E-state index in [-0.39, 0.29) is 20.8 Å². The number of aromatic nitrogens is 1. The summed E-state index contributed by atoms with van der Waals surface area (Å²) in [5, 5.41) is 1.79. The van der Waals surface area contributed by atoms with Crippen molar-refractivity contribution >= 4 is 46.4 Å². The molecule has 2 aromatic carbocycles. The van der Waals surface area contributed by atoms with Crippen LogP contribution in [-0.2, 0) is 0 Å². The molecule has 1 aromatic heterocycles. The zero-order valence-electron chi connectivity index (χ0n) is 9.81. The van der Waals surface area contributed by atoms with Gasteiger partial charge in [-0.05, 0) is 0 Å². The Bertz CT molecular complexity index is 728. The summed E-state index contributed by atoms with van der Waals surface area (Å²) in [5.41, 5.74) is 0.897. The summed E-state index contributed by atoms with van der Waals surface area (Å²) >= 11 is 6.10. The molecule has 0 amide bonds. The van der Waals surface area contributed by atoms with Crippen LogP contribution in [0.25, 0.3) is 10.9 Å². The number of fused-ring (bicyclic) bond motifs is 1. The van der Waals surface area contributed by atoms with Crippen LogP contribution in [0.15, 0.2) is 54.7 Å². The summed E-state index contributed by atoms with van der Waals surface area (Å²) in [6.07, 6.45) is 1.79. The molecule has 94 valence electrons. The van der Waals surface area contributed by atoms with Crippen molar-refractivity contribution in [2.24, 2.45) is 0 Å². The maximum absolute atomic E-state index is 12.9. The van der Waals surface area contributed by atoms with Gasteiger partial charge in [0.25, 0.3) is 0 Å². The van der Waals surface area contributed by atoms with Crippen molar-refractivity contribution in [3.05, 3.63) is 65.6 Å². The summed E-state index contributed by atoms with van der Waals surface area (Å²) in [5.74, 6) is -0.203. The average Bonchev–Trinajstić information content (AvgIpc) is 2.41. The molecule has 3 rings (SSSR count). The zero-order valence-corrected chi connectivity index (χ0v) is 12.3. The van der Waals surface area contributed by atoms with Crippen molar-refractivity contribution < 1.29 is 4.39 Å². The third-order valence-corrected chi connectivity index (χ3v) is 5.22. The second-order valence-corrected chi connectivity index (χ2v) is 6.80. The van der Waals surface area contributed by atoms with Gasteiger partial charge in [0.1, 0.15) is 0 Å². The topological polar surface area (TPSA) is 12.9 Å². The van der Waals surface area contributed by atoms with E-state index in [1.54, 1.807) is 6.20 Å². The summed E-state index contributed by atoms with van der Waals surface area (Å²) in [6.45, 7) is 0. The van der Waals surface area contributed by atoms with Gasteiger partial charge in [-0.15, -0.1) is 0 Å². The normalized spacial score (nSPS) is 10.8. The quantitative estimate of drug-likeness (QED) is 0.656. The molecule has 0 fully saturated rings. The van der Waals surface area contributed by atoms with Crippen molar-refractivity contribution in [3.63, 3.8) is 0 Å². The van der Waals surface area contributed by atoms with E-state index in [1.165, 1.54) is 16.6 Å². The van der Waals surface area contributed by atoms with Crippen LogP contribution in [0.5, 0.6) is 0 Å². The van der Waals surface area contributed by atoms with Gasteiger partial charge < -0.3 is 0 Å². The van der Waals surface area contributed by atoms with E-state index in [2.05, 4.69) is 4.98 Å². The molecule has 0 unspecified atom stereocenters. The Morgan fingerprint density at radius 2 is 1.79 bits per heavy atom. The maximum atomic E-state index is 12.9. The summed E-state index contributed by atoms with van der Waals surface area (Å²) in [7, 11) is 0. The number of rotatable bonds is 2. The van der Waals surface area contributed by atoms with Gasteiger partial charge in [-0.25, -0.2) is 0 Å². The fourth-order valence-electron chi connectivity index (χ4n) is 1.81. The molecule has 0 aliphatic rings. The van der Waals surface area contributed by atoms with Crippen LogP contribution in [0.1, 0.15) is 0 Å². The Morgan fingerprint density at radius 1 is 1.00 bits per heavy atom. The molecule has 0 saturated heterocycles. The Kier molecular flexibility index (Phi) is 3.52. The van der Waals surface area contributed by atoms with Crippen molar-refractivity contribution in [1.29, 1.82) is 0 Å². The van der Waals surface area contributed by atoms with E-state index in [9.17, 15) is 4.39 Å². The first-order chi connectivity index (χ1) is 9.22. The summed E-state index contributed by atoms with van der Waals surface area (Å²) in [4.78, 5) is 4.32. The fourth-order valence-corrected chi connectivity index (χ4v) is 3.95. The van der Waals surface area contributed by atoms with Gasteiger partial charge in [-0.3, -0.25) is 0 Å². The van der Waals surface area contributed by atoms with Crippen LogP contribution in [0.2, 0.25) is 5.02 Å². The first kappa shape index (κ1) is 12.6. The molecule has 0 saturated carbocycles. The average molecular weight is 337 g/mol. The Balaban J connectivity index is 2.03. The predicted octanol–water partition coefficient (Wildman–Crippen LogP) is 2.68. The monoisotopic (exact) mass is 337 g/mol. The second-order valence-electron chi connectivity index (χ2n) is 4.03. The van der Waals surface area contributed by atoms with E-state index < -0.39 is 0 Å². The molecule has 0 aliphatic carbocycles. The molecule has 0 atom stereocenters. The van der Waals surface area contributed by atoms with Gasteiger partial charge in [0.15, 0.2) is 0 Å². The third kappa shape index (κ3) is 2.79. The molecule has 0 spiro atoms. The first-order valence-electron chi connectivity index (χ1n) is 5.70.